The van der Waals surface area contributed by atoms with Crippen molar-refractivity contribution in [2.45, 2.75) is 70.1 Å². The van der Waals surface area contributed by atoms with Crippen molar-refractivity contribution in [3.8, 4) is 11.8 Å². The molecule has 0 heterocycles. The Labute approximate surface area is 178 Å². The van der Waals surface area contributed by atoms with Crippen LogP contribution in [0.4, 0.5) is 13.2 Å². The zero-order valence-corrected chi connectivity index (χ0v) is 17.6. The van der Waals surface area contributed by atoms with E-state index in [0.717, 1.165) is 29.5 Å². The van der Waals surface area contributed by atoms with Crippen molar-refractivity contribution >= 4 is 6.08 Å². The molecular formula is C27H29F3. The highest BCUT2D eigenvalue weighted by Crippen LogP contribution is 2.40. The van der Waals surface area contributed by atoms with Gasteiger partial charge in [-0.15, -0.1) is 0 Å². The molecule has 0 unspecified atom stereocenters. The SMILES string of the molecule is CCCCC/C=C/c1ccc(C#Cc2ccc(C3CCC(F)(F)CC3)cc2)c(F)c1. The fourth-order valence-corrected chi connectivity index (χ4v) is 3.82. The average Bonchev–Trinajstić information content (AvgIpc) is 2.73. The maximum absolute atomic E-state index is 14.4. The molecule has 1 saturated carbocycles. The zero-order valence-electron chi connectivity index (χ0n) is 17.6. The molecule has 30 heavy (non-hydrogen) atoms. The van der Waals surface area contributed by atoms with Crippen molar-refractivity contribution in [2.24, 2.45) is 0 Å². The average molecular weight is 411 g/mol. The van der Waals surface area contributed by atoms with Gasteiger partial charge >= 0.3 is 0 Å². The lowest BCUT2D eigenvalue weighted by Gasteiger charge is -2.28. The molecule has 158 valence electrons. The molecule has 3 rings (SSSR count). The number of unbranched alkanes of at least 4 members (excludes halogenated alkanes) is 3. The summed E-state index contributed by atoms with van der Waals surface area (Å²) in [6.45, 7) is 2.17. The summed E-state index contributed by atoms with van der Waals surface area (Å²) in [4.78, 5) is 0. The molecule has 0 aliphatic heterocycles. The molecule has 3 heteroatoms. The van der Waals surface area contributed by atoms with Gasteiger partial charge in [-0.2, -0.15) is 0 Å². The highest BCUT2D eigenvalue weighted by atomic mass is 19.3. The van der Waals surface area contributed by atoms with Crippen molar-refractivity contribution in [2.75, 3.05) is 0 Å². The van der Waals surface area contributed by atoms with Crippen molar-refractivity contribution in [1.82, 2.24) is 0 Å². The van der Waals surface area contributed by atoms with Crippen LogP contribution < -0.4 is 0 Å². The van der Waals surface area contributed by atoms with E-state index in [9.17, 15) is 13.2 Å². The predicted molar refractivity (Wildman–Crippen MR) is 118 cm³/mol. The third-order valence-corrected chi connectivity index (χ3v) is 5.72. The largest absolute Gasteiger partial charge is 0.248 e. The Morgan fingerprint density at radius 1 is 1.00 bits per heavy atom. The first kappa shape index (κ1) is 22.2. The highest BCUT2D eigenvalue weighted by molar-refractivity contribution is 5.53. The molecule has 1 aliphatic carbocycles. The quantitative estimate of drug-likeness (QED) is 0.333. The molecule has 2 aromatic carbocycles. The topological polar surface area (TPSA) is 0 Å². The second-order valence-corrected chi connectivity index (χ2v) is 8.14. The van der Waals surface area contributed by atoms with Gasteiger partial charge in [0.25, 0.3) is 0 Å². The van der Waals surface area contributed by atoms with E-state index in [1.54, 1.807) is 6.07 Å². The predicted octanol–water partition coefficient (Wildman–Crippen LogP) is 8.11. The van der Waals surface area contributed by atoms with Gasteiger partial charge in [-0.1, -0.05) is 62.0 Å². The lowest BCUT2D eigenvalue weighted by molar-refractivity contribution is -0.0382. The molecule has 1 fully saturated rings. The smallest absolute Gasteiger partial charge is 0.207 e. The third-order valence-electron chi connectivity index (χ3n) is 5.72. The first-order chi connectivity index (χ1) is 14.5. The monoisotopic (exact) mass is 410 g/mol. The molecule has 0 saturated heterocycles. The van der Waals surface area contributed by atoms with Crippen LogP contribution in [0.5, 0.6) is 0 Å². The summed E-state index contributed by atoms with van der Waals surface area (Å²) in [5, 5.41) is 0. The number of rotatable bonds is 6. The van der Waals surface area contributed by atoms with E-state index in [2.05, 4.69) is 24.8 Å². The van der Waals surface area contributed by atoms with Crippen LogP contribution in [-0.2, 0) is 0 Å². The van der Waals surface area contributed by atoms with Gasteiger partial charge < -0.3 is 0 Å². The minimum Gasteiger partial charge on any atom is -0.207 e. The highest BCUT2D eigenvalue weighted by Gasteiger charge is 2.35. The lowest BCUT2D eigenvalue weighted by Crippen LogP contribution is -2.23. The lowest BCUT2D eigenvalue weighted by atomic mass is 9.82. The standard InChI is InChI=1S/C27H29F3/c1-2-3-4-5-6-7-22-11-15-25(26(28)20-22)14-10-21-8-12-23(13-9-21)24-16-18-27(29,30)19-17-24/h6-9,11-13,15,20,24H,2-5,16-19H2,1H3/b7-6+. The van der Waals surface area contributed by atoms with Crippen LogP contribution in [0.3, 0.4) is 0 Å². The van der Waals surface area contributed by atoms with Gasteiger partial charge in [0.2, 0.25) is 5.92 Å². The third kappa shape index (κ3) is 6.52. The molecule has 0 bridgehead atoms. The Morgan fingerprint density at radius 2 is 1.73 bits per heavy atom. The van der Waals surface area contributed by atoms with Gasteiger partial charge in [-0.25, -0.2) is 13.2 Å². The maximum atomic E-state index is 14.4. The Hall–Kier alpha value is -2.47. The summed E-state index contributed by atoms with van der Waals surface area (Å²) < 4.78 is 41.0. The minimum absolute atomic E-state index is 0.0393. The van der Waals surface area contributed by atoms with Gasteiger partial charge in [0.1, 0.15) is 5.82 Å². The van der Waals surface area contributed by atoms with Crippen molar-refractivity contribution < 1.29 is 13.2 Å². The van der Waals surface area contributed by atoms with Crippen LogP contribution >= 0.6 is 0 Å². The first-order valence-electron chi connectivity index (χ1n) is 10.9. The van der Waals surface area contributed by atoms with E-state index in [1.807, 2.05) is 36.4 Å². The molecule has 0 aromatic heterocycles. The fraction of sp³-hybridized carbons (Fsp3) is 0.407. The Balaban J connectivity index is 1.60. The van der Waals surface area contributed by atoms with E-state index >= 15 is 0 Å². The number of hydrogen-bond acceptors (Lipinski definition) is 0. The fourth-order valence-electron chi connectivity index (χ4n) is 3.82. The molecule has 0 spiro atoms. The molecule has 1 aliphatic rings. The molecule has 0 amide bonds. The van der Waals surface area contributed by atoms with Gasteiger partial charge in [-0.3, -0.25) is 0 Å². The number of benzene rings is 2. The molecule has 0 N–H and O–H groups in total. The van der Waals surface area contributed by atoms with Crippen molar-refractivity contribution in [3.63, 3.8) is 0 Å². The summed E-state index contributed by atoms with van der Waals surface area (Å²) in [6.07, 6.45) is 9.57. The summed E-state index contributed by atoms with van der Waals surface area (Å²) >= 11 is 0. The van der Waals surface area contributed by atoms with E-state index in [4.69, 9.17) is 0 Å². The van der Waals surface area contributed by atoms with Crippen molar-refractivity contribution in [3.05, 3.63) is 76.6 Å². The normalized spacial score (nSPS) is 16.4. The van der Waals surface area contributed by atoms with E-state index in [0.29, 0.717) is 18.4 Å². The van der Waals surface area contributed by atoms with Gasteiger partial charge in [0, 0.05) is 18.4 Å². The van der Waals surface area contributed by atoms with E-state index in [-0.39, 0.29) is 24.6 Å². The maximum Gasteiger partial charge on any atom is 0.248 e. The van der Waals surface area contributed by atoms with Crippen molar-refractivity contribution in [1.29, 1.82) is 0 Å². The van der Waals surface area contributed by atoms with Crippen LogP contribution in [0.15, 0.2) is 48.5 Å². The molecule has 0 radical (unpaired) electrons. The van der Waals surface area contributed by atoms with Crippen LogP contribution in [0, 0.1) is 17.7 Å². The van der Waals surface area contributed by atoms with Crippen LogP contribution in [0.1, 0.15) is 86.5 Å². The van der Waals surface area contributed by atoms with Gasteiger partial charge in [0.05, 0.1) is 5.56 Å². The number of hydrogen-bond donors (Lipinski definition) is 0. The summed E-state index contributed by atoms with van der Waals surface area (Å²) in [5.41, 5.74) is 3.09. The van der Waals surface area contributed by atoms with Crippen LogP contribution in [0.2, 0.25) is 0 Å². The summed E-state index contributed by atoms with van der Waals surface area (Å²) in [5.74, 6) is 3.26. The second kappa shape index (κ2) is 10.5. The second-order valence-electron chi connectivity index (χ2n) is 8.14. The Morgan fingerprint density at radius 3 is 2.40 bits per heavy atom. The van der Waals surface area contributed by atoms with Gasteiger partial charge in [0.15, 0.2) is 0 Å². The summed E-state index contributed by atoms with van der Waals surface area (Å²) in [6, 6.07) is 12.8. The molecule has 2 aromatic rings. The first-order valence-corrected chi connectivity index (χ1v) is 10.9. The van der Waals surface area contributed by atoms with Crippen LogP contribution in [0.25, 0.3) is 6.08 Å². The van der Waals surface area contributed by atoms with E-state index < -0.39 is 5.92 Å². The zero-order chi connectivity index (χ0) is 21.4. The Kier molecular flexibility index (Phi) is 7.80. The van der Waals surface area contributed by atoms with E-state index in [1.165, 1.54) is 18.9 Å². The molecule has 0 nitrogen and oxygen atoms in total. The van der Waals surface area contributed by atoms with Crippen LogP contribution in [-0.4, -0.2) is 5.92 Å². The Bertz CT molecular complexity index is 903. The number of alkyl halides is 2. The molecular weight excluding hydrogens is 381 g/mol. The van der Waals surface area contributed by atoms with Gasteiger partial charge in [-0.05, 0) is 67.0 Å². The summed E-state index contributed by atoms with van der Waals surface area (Å²) in [7, 11) is 0. The number of halogens is 3. The minimum atomic E-state index is -2.51. The number of allylic oxidation sites excluding steroid dienone is 1. The molecule has 0 atom stereocenters.